The predicted octanol–water partition coefficient (Wildman–Crippen LogP) is 0.303. The summed E-state index contributed by atoms with van der Waals surface area (Å²) < 4.78 is 0. The number of carbonyl (C=O) groups is 2. The molecule has 22 heavy (non-hydrogen) atoms. The van der Waals surface area contributed by atoms with Crippen LogP contribution in [0.3, 0.4) is 0 Å². The second-order valence-electron chi connectivity index (χ2n) is 4.58. The van der Waals surface area contributed by atoms with Crippen molar-refractivity contribution in [1.29, 1.82) is 0 Å². The fourth-order valence-electron chi connectivity index (χ4n) is 1.81. The molecule has 0 atom stereocenters. The minimum Gasteiger partial charge on any atom is -0.355 e. The second kappa shape index (κ2) is 7.16. The van der Waals surface area contributed by atoms with Crippen LogP contribution in [0.15, 0.2) is 41.3 Å². The average Bonchev–Trinajstić information content (AvgIpc) is 2.52. The Morgan fingerprint density at radius 2 is 1.82 bits per heavy atom. The number of carbonyl (C=O) groups excluding carboxylic acids is 2. The summed E-state index contributed by atoms with van der Waals surface area (Å²) >= 11 is 0. The second-order valence-corrected chi connectivity index (χ2v) is 4.58. The molecule has 2 aromatic rings. The van der Waals surface area contributed by atoms with E-state index in [4.69, 9.17) is 0 Å². The minimum absolute atomic E-state index is 0.0671. The number of amides is 2. The summed E-state index contributed by atoms with van der Waals surface area (Å²) in [4.78, 5) is 41.2. The quantitative estimate of drug-likeness (QED) is 0.691. The zero-order valence-electron chi connectivity index (χ0n) is 12.1. The Kier molecular flexibility index (Phi) is 5.02. The SMILES string of the molecule is CC(=O)NCCNC(=O)c1cnc(-c2ccccc2)[nH]c1=O. The first-order valence-electron chi connectivity index (χ1n) is 6.75. The van der Waals surface area contributed by atoms with Crippen LogP contribution in [-0.2, 0) is 4.79 Å². The standard InChI is InChI=1S/C15H16N4O3/c1-10(20)16-7-8-17-14(21)12-9-18-13(19-15(12)22)11-5-3-2-4-6-11/h2-6,9H,7-8H2,1H3,(H,16,20)(H,17,21)(H,18,19,22). The van der Waals surface area contributed by atoms with Crippen molar-refractivity contribution in [2.75, 3.05) is 13.1 Å². The Labute approximate surface area is 126 Å². The maximum Gasteiger partial charge on any atom is 0.264 e. The van der Waals surface area contributed by atoms with Crippen LogP contribution < -0.4 is 16.2 Å². The summed E-state index contributed by atoms with van der Waals surface area (Å²) in [5.74, 6) is -0.305. The lowest BCUT2D eigenvalue weighted by molar-refractivity contribution is -0.118. The van der Waals surface area contributed by atoms with E-state index in [1.807, 2.05) is 30.3 Å². The number of hydrogen-bond donors (Lipinski definition) is 3. The van der Waals surface area contributed by atoms with E-state index in [0.717, 1.165) is 5.56 Å². The van der Waals surface area contributed by atoms with E-state index in [9.17, 15) is 14.4 Å². The van der Waals surface area contributed by atoms with Gasteiger partial charge in [0.25, 0.3) is 11.5 Å². The minimum atomic E-state index is -0.529. The van der Waals surface area contributed by atoms with E-state index in [0.29, 0.717) is 12.4 Å². The van der Waals surface area contributed by atoms with E-state index in [1.165, 1.54) is 13.1 Å². The van der Waals surface area contributed by atoms with Crippen molar-refractivity contribution in [3.05, 3.63) is 52.4 Å². The number of rotatable bonds is 5. The van der Waals surface area contributed by atoms with Gasteiger partial charge in [-0.05, 0) is 0 Å². The van der Waals surface area contributed by atoms with Gasteiger partial charge in [-0.3, -0.25) is 14.4 Å². The van der Waals surface area contributed by atoms with E-state index in [-0.39, 0.29) is 18.0 Å². The zero-order valence-corrected chi connectivity index (χ0v) is 12.1. The molecular formula is C15H16N4O3. The topological polar surface area (TPSA) is 104 Å². The molecule has 0 saturated heterocycles. The number of H-pyrrole nitrogens is 1. The number of nitrogens with one attached hydrogen (secondary N) is 3. The molecule has 1 heterocycles. The molecule has 0 aliphatic rings. The van der Waals surface area contributed by atoms with Gasteiger partial charge in [0.1, 0.15) is 11.4 Å². The van der Waals surface area contributed by atoms with Crippen molar-refractivity contribution in [3.63, 3.8) is 0 Å². The molecule has 0 saturated carbocycles. The Morgan fingerprint density at radius 3 is 2.45 bits per heavy atom. The molecule has 0 radical (unpaired) electrons. The van der Waals surface area contributed by atoms with Crippen molar-refractivity contribution in [1.82, 2.24) is 20.6 Å². The van der Waals surface area contributed by atoms with Crippen molar-refractivity contribution in [2.45, 2.75) is 6.92 Å². The zero-order chi connectivity index (χ0) is 15.9. The molecule has 0 aliphatic carbocycles. The lowest BCUT2D eigenvalue weighted by Crippen LogP contribution is -2.36. The van der Waals surface area contributed by atoms with Gasteiger partial charge < -0.3 is 15.6 Å². The highest BCUT2D eigenvalue weighted by Gasteiger charge is 2.11. The van der Waals surface area contributed by atoms with Crippen LogP contribution >= 0.6 is 0 Å². The third kappa shape index (κ3) is 4.02. The molecular weight excluding hydrogens is 284 g/mol. The van der Waals surface area contributed by atoms with Crippen LogP contribution in [0.1, 0.15) is 17.3 Å². The summed E-state index contributed by atoms with van der Waals surface area (Å²) in [5, 5.41) is 5.08. The third-order valence-electron chi connectivity index (χ3n) is 2.88. The molecule has 0 aliphatic heterocycles. The number of benzene rings is 1. The summed E-state index contributed by atoms with van der Waals surface area (Å²) in [6, 6.07) is 9.14. The first kappa shape index (κ1) is 15.4. The highest BCUT2D eigenvalue weighted by atomic mass is 16.2. The Morgan fingerprint density at radius 1 is 1.14 bits per heavy atom. The van der Waals surface area contributed by atoms with E-state index < -0.39 is 11.5 Å². The predicted molar refractivity (Wildman–Crippen MR) is 81.3 cm³/mol. The van der Waals surface area contributed by atoms with Crippen LogP contribution in [-0.4, -0.2) is 34.9 Å². The summed E-state index contributed by atoms with van der Waals surface area (Å²) in [6.07, 6.45) is 1.24. The van der Waals surface area contributed by atoms with Crippen molar-refractivity contribution in [2.24, 2.45) is 0 Å². The molecule has 0 spiro atoms. The fraction of sp³-hybridized carbons (Fsp3) is 0.200. The highest BCUT2D eigenvalue weighted by Crippen LogP contribution is 2.11. The van der Waals surface area contributed by atoms with Crippen LogP contribution in [0.5, 0.6) is 0 Å². The van der Waals surface area contributed by atoms with Crippen LogP contribution in [0, 0.1) is 0 Å². The summed E-state index contributed by atoms with van der Waals surface area (Å²) in [7, 11) is 0. The molecule has 7 nitrogen and oxygen atoms in total. The van der Waals surface area contributed by atoms with Crippen LogP contribution in [0.4, 0.5) is 0 Å². The number of aromatic amines is 1. The van der Waals surface area contributed by atoms with Crippen molar-refractivity contribution in [3.8, 4) is 11.4 Å². The smallest absolute Gasteiger partial charge is 0.264 e. The van der Waals surface area contributed by atoms with E-state index in [2.05, 4.69) is 20.6 Å². The Balaban J connectivity index is 2.05. The molecule has 2 amide bonds. The molecule has 2 rings (SSSR count). The maximum atomic E-state index is 12.0. The monoisotopic (exact) mass is 300 g/mol. The lowest BCUT2D eigenvalue weighted by Gasteiger charge is -2.06. The molecule has 1 aromatic heterocycles. The Hall–Kier alpha value is -2.96. The average molecular weight is 300 g/mol. The van der Waals surface area contributed by atoms with Gasteiger partial charge in [-0.15, -0.1) is 0 Å². The molecule has 1 aromatic carbocycles. The van der Waals surface area contributed by atoms with Gasteiger partial charge in [0.05, 0.1) is 0 Å². The first-order chi connectivity index (χ1) is 10.6. The van der Waals surface area contributed by atoms with Gasteiger partial charge in [-0.2, -0.15) is 0 Å². The molecule has 0 fully saturated rings. The summed E-state index contributed by atoms with van der Waals surface area (Å²) in [6.45, 7) is 1.92. The van der Waals surface area contributed by atoms with E-state index >= 15 is 0 Å². The summed E-state index contributed by atoms with van der Waals surface area (Å²) in [5.41, 5.74) is 0.186. The van der Waals surface area contributed by atoms with Gasteiger partial charge >= 0.3 is 0 Å². The molecule has 0 unspecified atom stereocenters. The van der Waals surface area contributed by atoms with Gasteiger partial charge in [0, 0.05) is 31.8 Å². The fourth-order valence-corrected chi connectivity index (χ4v) is 1.81. The van der Waals surface area contributed by atoms with Crippen LogP contribution in [0.2, 0.25) is 0 Å². The van der Waals surface area contributed by atoms with Crippen molar-refractivity contribution >= 4 is 11.8 Å². The number of hydrogen-bond acceptors (Lipinski definition) is 4. The van der Waals surface area contributed by atoms with Gasteiger partial charge in [0.2, 0.25) is 5.91 Å². The normalized spacial score (nSPS) is 10.0. The third-order valence-corrected chi connectivity index (χ3v) is 2.88. The molecule has 0 bridgehead atoms. The molecule has 114 valence electrons. The molecule has 7 heteroatoms. The van der Waals surface area contributed by atoms with Gasteiger partial charge in [0.15, 0.2) is 0 Å². The van der Waals surface area contributed by atoms with Crippen LogP contribution in [0.25, 0.3) is 11.4 Å². The van der Waals surface area contributed by atoms with Gasteiger partial charge in [-0.25, -0.2) is 4.98 Å². The molecule has 3 N–H and O–H groups in total. The highest BCUT2D eigenvalue weighted by molar-refractivity contribution is 5.93. The lowest BCUT2D eigenvalue weighted by atomic mass is 10.2. The van der Waals surface area contributed by atoms with Gasteiger partial charge in [-0.1, -0.05) is 30.3 Å². The first-order valence-corrected chi connectivity index (χ1v) is 6.75. The van der Waals surface area contributed by atoms with E-state index in [1.54, 1.807) is 0 Å². The number of nitrogens with zero attached hydrogens (tertiary/aromatic N) is 1. The largest absolute Gasteiger partial charge is 0.355 e. The Bertz CT molecular complexity index is 725. The maximum absolute atomic E-state index is 12.0. The number of aromatic nitrogens is 2. The van der Waals surface area contributed by atoms with Crippen molar-refractivity contribution < 1.29 is 9.59 Å².